The third-order valence-corrected chi connectivity index (χ3v) is 2.72. The lowest BCUT2D eigenvalue weighted by atomic mass is 10.1. The molecule has 5 nitrogen and oxygen atoms in total. The molecule has 1 aromatic carbocycles. The fourth-order valence-electron chi connectivity index (χ4n) is 1.76. The molecule has 0 aliphatic heterocycles. The molecule has 2 rings (SSSR count). The summed E-state index contributed by atoms with van der Waals surface area (Å²) in [6.07, 6.45) is 5.33. The van der Waals surface area contributed by atoms with Crippen molar-refractivity contribution in [2.45, 2.75) is 19.4 Å². The van der Waals surface area contributed by atoms with Gasteiger partial charge in [-0.15, -0.1) is 0 Å². The summed E-state index contributed by atoms with van der Waals surface area (Å²) in [5, 5.41) is 12.0. The lowest BCUT2D eigenvalue weighted by molar-refractivity contribution is 0.0939. The molecule has 2 aromatic rings. The van der Waals surface area contributed by atoms with Crippen LogP contribution in [0.1, 0.15) is 23.0 Å². The molecule has 20 heavy (non-hydrogen) atoms. The molecule has 0 unspecified atom stereocenters. The average molecular weight is 275 g/mol. The van der Waals surface area contributed by atoms with E-state index < -0.39 is 11.6 Å². The summed E-state index contributed by atoms with van der Waals surface area (Å²) in [5.74, 6) is -1.68. The van der Waals surface area contributed by atoms with Crippen LogP contribution < -0.4 is 5.32 Å². The maximum Gasteiger partial charge on any atom is 0.251 e. The smallest absolute Gasteiger partial charge is 0.251 e. The second kappa shape index (κ2) is 6.10. The largest absolute Gasteiger partial charge is 0.505 e. The molecule has 0 aliphatic rings. The molecule has 104 valence electrons. The van der Waals surface area contributed by atoms with Crippen LogP contribution in [0.2, 0.25) is 0 Å². The van der Waals surface area contributed by atoms with Crippen molar-refractivity contribution < 1.29 is 14.3 Å². The molecule has 1 atom stereocenters. The number of benzene rings is 1. The predicted molar refractivity (Wildman–Crippen MR) is 70.7 cm³/mol. The molecule has 0 aliphatic carbocycles. The molecule has 0 fully saturated rings. The summed E-state index contributed by atoms with van der Waals surface area (Å²) >= 11 is 0. The van der Waals surface area contributed by atoms with Gasteiger partial charge in [0.2, 0.25) is 0 Å². The normalized spacial score (nSPS) is 11.9. The molecule has 0 spiro atoms. The Morgan fingerprint density at radius 3 is 2.90 bits per heavy atom. The van der Waals surface area contributed by atoms with Gasteiger partial charge < -0.3 is 10.4 Å². The van der Waals surface area contributed by atoms with Gasteiger partial charge in [0.1, 0.15) is 0 Å². The highest BCUT2D eigenvalue weighted by Crippen LogP contribution is 2.16. The van der Waals surface area contributed by atoms with Crippen LogP contribution in [0.3, 0.4) is 0 Å². The van der Waals surface area contributed by atoms with Gasteiger partial charge in [0.15, 0.2) is 11.6 Å². The van der Waals surface area contributed by atoms with Crippen molar-refractivity contribution in [3.63, 3.8) is 0 Å². The monoisotopic (exact) mass is 275 g/mol. The van der Waals surface area contributed by atoms with E-state index in [1.165, 1.54) is 6.07 Å². The van der Waals surface area contributed by atoms with E-state index in [4.69, 9.17) is 0 Å². The Bertz CT molecular complexity index is 605. The van der Waals surface area contributed by atoms with Crippen LogP contribution in [0.25, 0.3) is 0 Å². The molecular formula is C14H14FN3O2. The summed E-state index contributed by atoms with van der Waals surface area (Å²) in [4.78, 5) is 20.0. The van der Waals surface area contributed by atoms with Crippen LogP contribution >= 0.6 is 0 Å². The van der Waals surface area contributed by atoms with E-state index in [1.807, 2.05) is 6.92 Å². The van der Waals surface area contributed by atoms with Gasteiger partial charge >= 0.3 is 0 Å². The van der Waals surface area contributed by atoms with Crippen LogP contribution in [0.15, 0.2) is 36.8 Å². The summed E-state index contributed by atoms with van der Waals surface area (Å²) in [6, 6.07) is 3.31. The number of hydrogen-bond donors (Lipinski definition) is 2. The molecule has 1 heterocycles. The van der Waals surface area contributed by atoms with Gasteiger partial charge in [-0.2, -0.15) is 0 Å². The van der Waals surface area contributed by atoms with E-state index in [0.29, 0.717) is 6.42 Å². The Balaban J connectivity index is 1.98. The van der Waals surface area contributed by atoms with Crippen LogP contribution in [0.5, 0.6) is 5.75 Å². The van der Waals surface area contributed by atoms with E-state index >= 15 is 0 Å². The SMILES string of the molecule is C[C@H](Cc1cnccn1)NC(=O)c1ccc(F)c(O)c1. The molecule has 6 heteroatoms. The van der Waals surface area contributed by atoms with Crippen LogP contribution in [-0.4, -0.2) is 27.0 Å². The zero-order valence-electron chi connectivity index (χ0n) is 10.9. The second-order valence-corrected chi connectivity index (χ2v) is 4.44. The summed E-state index contributed by atoms with van der Waals surface area (Å²) < 4.78 is 12.9. The molecule has 1 amide bonds. The molecule has 0 bridgehead atoms. The number of rotatable bonds is 4. The van der Waals surface area contributed by atoms with Gasteiger partial charge in [-0.25, -0.2) is 4.39 Å². The van der Waals surface area contributed by atoms with E-state index in [2.05, 4.69) is 15.3 Å². The number of nitrogens with one attached hydrogen (secondary N) is 1. The zero-order valence-corrected chi connectivity index (χ0v) is 10.9. The van der Waals surface area contributed by atoms with Crippen LogP contribution in [0, 0.1) is 5.82 Å². The number of halogens is 1. The summed E-state index contributed by atoms with van der Waals surface area (Å²) in [6.45, 7) is 1.83. The van der Waals surface area contributed by atoms with Crippen molar-refractivity contribution in [2.75, 3.05) is 0 Å². The minimum absolute atomic E-state index is 0.161. The first-order valence-electron chi connectivity index (χ1n) is 6.10. The third-order valence-electron chi connectivity index (χ3n) is 2.72. The number of carbonyl (C=O) groups is 1. The third kappa shape index (κ3) is 3.50. The Kier molecular flexibility index (Phi) is 4.24. The first-order chi connectivity index (χ1) is 9.56. The van der Waals surface area contributed by atoms with E-state index in [1.54, 1.807) is 18.6 Å². The fraction of sp³-hybridized carbons (Fsp3) is 0.214. The highest BCUT2D eigenvalue weighted by molar-refractivity contribution is 5.94. The number of aromatic nitrogens is 2. The minimum Gasteiger partial charge on any atom is -0.505 e. The van der Waals surface area contributed by atoms with Gasteiger partial charge in [-0.05, 0) is 25.1 Å². The van der Waals surface area contributed by atoms with Gasteiger partial charge in [0.05, 0.1) is 5.69 Å². The van der Waals surface area contributed by atoms with Gasteiger partial charge in [0.25, 0.3) is 5.91 Å². The first-order valence-corrected chi connectivity index (χ1v) is 6.10. The number of nitrogens with zero attached hydrogens (tertiary/aromatic N) is 2. The Labute approximate surface area is 115 Å². The van der Waals surface area contributed by atoms with Gasteiger partial charge in [-0.3, -0.25) is 14.8 Å². The number of phenolic OH excluding ortho intramolecular Hbond substituents is 1. The number of hydrogen-bond acceptors (Lipinski definition) is 4. The Morgan fingerprint density at radius 2 is 2.25 bits per heavy atom. The zero-order chi connectivity index (χ0) is 14.5. The molecule has 0 saturated carbocycles. The lowest BCUT2D eigenvalue weighted by Crippen LogP contribution is -2.34. The number of amides is 1. The van der Waals surface area contributed by atoms with Crippen molar-refractivity contribution in [2.24, 2.45) is 0 Å². The topological polar surface area (TPSA) is 75.1 Å². The molecular weight excluding hydrogens is 261 g/mol. The molecule has 0 saturated heterocycles. The van der Waals surface area contributed by atoms with Crippen molar-refractivity contribution in [1.82, 2.24) is 15.3 Å². The predicted octanol–water partition coefficient (Wildman–Crippen LogP) is 1.68. The fourth-order valence-corrected chi connectivity index (χ4v) is 1.76. The maximum atomic E-state index is 12.9. The standard InChI is InChI=1S/C14H14FN3O2/c1-9(6-11-8-16-4-5-17-11)18-14(20)10-2-3-12(15)13(19)7-10/h2-5,7-9,19H,6H2,1H3,(H,18,20)/t9-/m1/s1. The van der Waals surface area contributed by atoms with Crippen molar-refractivity contribution in [3.8, 4) is 5.75 Å². The lowest BCUT2D eigenvalue weighted by Gasteiger charge is -2.13. The minimum atomic E-state index is -0.755. The van der Waals surface area contributed by atoms with E-state index in [-0.39, 0.29) is 17.5 Å². The van der Waals surface area contributed by atoms with Crippen LogP contribution in [-0.2, 0) is 6.42 Å². The van der Waals surface area contributed by atoms with Gasteiger partial charge in [0, 0.05) is 36.6 Å². The quantitative estimate of drug-likeness (QED) is 0.890. The maximum absolute atomic E-state index is 12.9. The number of carbonyl (C=O) groups excluding carboxylic acids is 1. The summed E-state index contributed by atoms with van der Waals surface area (Å²) in [5.41, 5.74) is 0.970. The molecule has 2 N–H and O–H groups in total. The van der Waals surface area contributed by atoms with Crippen LogP contribution in [0.4, 0.5) is 4.39 Å². The Morgan fingerprint density at radius 1 is 1.45 bits per heavy atom. The van der Waals surface area contributed by atoms with Crippen molar-refractivity contribution in [1.29, 1.82) is 0 Å². The number of aromatic hydroxyl groups is 1. The highest BCUT2D eigenvalue weighted by atomic mass is 19.1. The molecule has 1 aromatic heterocycles. The highest BCUT2D eigenvalue weighted by Gasteiger charge is 2.12. The number of phenols is 1. The van der Waals surface area contributed by atoms with Crippen molar-refractivity contribution >= 4 is 5.91 Å². The van der Waals surface area contributed by atoms with E-state index in [0.717, 1.165) is 17.8 Å². The van der Waals surface area contributed by atoms with Crippen molar-refractivity contribution in [3.05, 3.63) is 53.9 Å². The molecule has 0 radical (unpaired) electrons. The van der Waals surface area contributed by atoms with E-state index in [9.17, 15) is 14.3 Å². The second-order valence-electron chi connectivity index (χ2n) is 4.44. The first kappa shape index (κ1) is 13.9. The average Bonchev–Trinajstić information content (AvgIpc) is 2.42. The summed E-state index contributed by atoms with van der Waals surface area (Å²) in [7, 11) is 0. The van der Waals surface area contributed by atoms with Gasteiger partial charge in [-0.1, -0.05) is 0 Å². The Hall–Kier alpha value is -2.50.